The first-order chi connectivity index (χ1) is 15.0. The van der Waals surface area contributed by atoms with Gasteiger partial charge in [0.05, 0.1) is 31.9 Å². The van der Waals surface area contributed by atoms with Crippen LogP contribution in [-0.2, 0) is 20.9 Å². The van der Waals surface area contributed by atoms with Crippen molar-refractivity contribution < 1.29 is 19.1 Å². The second kappa shape index (κ2) is 9.31. The van der Waals surface area contributed by atoms with Gasteiger partial charge in [0.15, 0.2) is 0 Å². The number of morpholine rings is 1. The van der Waals surface area contributed by atoms with E-state index in [1.165, 1.54) is 4.90 Å². The van der Waals surface area contributed by atoms with Gasteiger partial charge in [-0.2, -0.15) is 0 Å². The maximum Gasteiger partial charge on any atom is 0.278 e. The molecule has 0 spiro atoms. The molecule has 0 saturated carbocycles. The minimum absolute atomic E-state index is 0.193. The highest BCUT2D eigenvalue weighted by atomic mass is 16.5. The third-order valence-electron chi connectivity index (χ3n) is 5.26. The fraction of sp³-hybridized carbons (Fsp3) is 0.375. The molecule has 31 heavy (non-hydrogen) atoms. The van der Waals surface area contributed by atoms with Crippen LogP contribution in [0.15, 0.2) is 54.5 Å². The Hall–Kier alpha value is -3.19. The van der Waals surface area contributed by atoms with Crippen LogP contribution in [-0.4, -0.2) is 59.5 Å². The monoisotopic (exact) mass is 421 g/mol. The molecule has 0 atom stereocenters. The Labute approximate surface area is 182 Å². The summed E-state index contributed by atoms with van der Waals surface area (Å²) in [5.74, 6) is 0.609. The Bertz CT molecular complexity index is 964. The molecule has 0 N–H and O–H groups in total. The van der Waals surface area contributed by atoms with E-state index >= 15 is 0 Å². The lowest BCUT2D eigenvalue weighted by atomic mass is 10.0. The lowest BCUT2D eigenvalue weighted by Crippen LogP contribution is -2.40. The second-order valence-corrected chi connectivity index (χ2v) is 8.11. The predicted octanol–water partition coefficient (Wildman–Crippen LogP) is 2.73. The first-order valence-electron chi connectivity index (χ1n) is 10.6. The molecule has 4 rings (SSSR count). The molecule has 1 aromatic heterocycles. The van der Waals surface area contributed by atoms with Gasteiger partial charge in [0, 0.05) is 25.5 Å². The number of aromatic nitrogens is 1. The van der Waals surface area contributed by atoms with E-state index in [1.54, 1.807) is 18.5 Å². The van der Waals surface area contributed by atoms with E-state index in [4.69, 9.17) is 9.47 Å². The summed E-state index contributed by atoms with van der Waals surface area (Å²) >= 11 is 0. The Morgan fingerprint density at radius 2 is 1.81 bits per heavy atom. The van der Waals surface area contributed by atoms with Gasteiger partial charge in [0.25, 0.3) is 11.8 Å². The number of amides is 2. The maximum atomic E-state index is 13.4. The fourth-order valence-electron chi connectivity index (χ4n) is 3.70. The Kier molecular flexibility index (Phi) is 6.32. The molecule has 7 heteroatoms. The minimum atomic E-state index is -0.286. The summed E-state index contributed by atoms with van der Waals surface area (Å²) in [4.78, 5) is 34.1. The summed E-state index contributed by atoms with van der Waals surface area (Å²) in [6.45, 7) is 7.21. The van der Waals surface area contributed by atoms with Gasteiger partial charge >= 0.3 is 0 Å². The lowest BCUT2D eigenvalue weighted by molar-refractivity contribution is -0.138. The highest BCUT2D eigenvalue weighted by molar-refractivity contribution is 6.35. The van der Waals surface area contributed by atoms with Gasteiger partial charge in [-0.25, -0.2) is 0 Å². The van der Waals surface area contributed by atoms with Gasteiger partial charge in [0.1, 0.15) is 11.4 Å². The van der Waals surface area contributed by atoms with Crippen LogP contribution in [0.5, 0.6) is 5.75 Å². The third-order valence-corrected chi connectivity index (χ3v) is 5.26. The fourth-order valence-corrected chi connectivity index (χ4v) is 3.70. The topological polar surface area (TPSA) is 72.0 Å². The molecular weight excluding hydrogens is 394 g/mol. The number of imide groups is 1. The van der Waals surface area contributed by atoms with Crippen molar-refractivity contribution in [2.75, 3.05) is 32.9 Å². The Morgan fingerprint density at radius 1 is 1.06 bits per heavy atom. The van der Waals surface area contributed by atoms with Crippen LogP contribution in [0.1, 0.15) is 25.0 Å². The molecule has 0 radical (unpaired) electrons. The van der Waals surface area contributed by atoms with E-state index < -0.39 is 0 Å². The van der Waals surface area contributed by atoms with Crippen molar-refractivity contribution >= 4 is 17.4 Å². The van der Waals surface area contributed by atoms with Crippen molar-refractivity contribution in [2.45, 2.75) is 20.4 Å². The van der Waals surface area contributed by atoms with Crippen molar-refractivity contribution in [3.8, 4) is 5.75 Å². The van der Waals surface area contributed by atoms with Crippen LogP contribution in [0.4, 0.5) is 0 Å². The number of carbonyl (C=O) groups excluding carboxylic acids is 2. The summed E-state index contributed by atoms with van der Waals surface area (Å²) in [5, 5.41) is 0. The number of benzene rings is 1. The molecule has 0 unspecified atom stereocenters. The summed E-state index contributed by atoms with van der Waals surface area (Å²) in [5.41, 5.74) is 2.41. The number of pyridine rings is 1. The first-order valence-corrected chi connectivity index (χ1v) is 10.6. The number of nitrogens with zero attached hydrogens (tertiary/aromatic N) is 3. The molecule has 3 heterocycles. The Morgan fingerprint density at radius 3 is 2.45 bits per heavy atom. The zero-order chi connectivity index (χ0) is 21.8. The quantitative estimate of drug-likeness (QED) is 0.640. The summed E-state index contributed by atoms with van der Waals surface area (Å²) in [6.07, 6.45) is 3.34. The molecule has 1 aromatic carbocycles. The SMILES string of the molecule is CC(C)COc1ccc(C2=C(N3CCOCC3)C(=O)N(Cc3cccnc3)C2=O)cc1. The van der Waals surface area contributed by atoms with E-state index in [9.17, 15) is 9.59 Å². The number of hydrogen-bond acceptors (Lipinski definition) is 6. The van der Waals surface area contributed by atoms with Gasteiger partial charge in [-0.05, 0) is 35.2 Å². The minimum Gasteiger partial charge on any atom is -0.493 e. The molecule has 162 valence electrons. The van der Waals surface area contributed by atoms with Crippen LogP contribution in [0.2, 0.25) is 0 Å². The molecular formula is C24H27N3O4. The molecule has 1 saturated heterocycles. The molecule has 2 aliphatic heterocycles. The zero-order valence-electron chi connectivity index (χ0n) is 17.9. The van der Waals surface area contributed by atoms with Crippen LogP contribution >= 0.6 is 0 Å². The van der Waals surface area contributed by atoms with E-state index in [1.807, 2.05) is 35.2 Å². The van der Waals surface area contributed by atoms with E-state index in [0.29, 0.717) is 55.7 Å². The van der Waals surface area contributed by atoms with Crippen LogP contribution in [0.25, 0.3) is 5.57 Å². The van der Waals surface area contributed by atoms with Crippen molar-refractivity contribution in [1.29, 1.82) is 0 Å². The van der Waals surface area contributed by atoms with Crippen LogP contribution < -0.4 is 4.74 Å². The van der Waals surface area contributed by atoms with E-state index in [0.717, 1.165) is 11.3 Å². The van der Waals surface area contributed by atoms with Gasteiger partial charge in [-0.3, -0.25) is 19.5 Å². The summed E-state index contributed by atoms with van der Waals surface area (Å²) in [7, 11) is 0. The number of ether oxygens (including phenoxy) is 2. The molecule has 7 nitrogen and oxygen atoms in total. The zero-order valence-corrected chi connectivity index (χ0v) is 17.9. The highest BCUT2D eigenvalue weighted by Crippen LogP contribution is 2.33. The number of carbonyl (C=O) groups is 2. The van der Waals surface area contributed by atoms with Crippen molar-refractivity contribution in [3.63, 3.8) is 0 Å². The van der Waals surface area contributed by atoms with E-state index in [2.05, 4.69) is 18.8 Å². The number of hydrogen-bond donors (Lipinski definition) is 0. The lowest BCUT2D eigenvalue weighted by Gasteiger charge is -2.29. The normalized spacial score (nSPS) is 17.1. The van der Waals surface area contributed by atoms with Crippen molar-refractivity contribution in [1.82, 2.24) is 14.8 Å². The second-order valence-electron chi connectivity index (χ2n) is 8.11. The smallest absolute Gasteiger partial charge is 0.278 e. The average molecular weight is 421 g/mol. The van der Waals surface area contributed by atoms with Crippen LogP contribution in [0.3, 0.4) is 0 Å². The van der Waals surface area contributed by atoms with Gasteiger partial charge in [0.2, 0.25) is 0 Å². The average Bonchev–Trinajstić information content (AvgIpc) is 3.04. The van der Waals surface area contributed by atoms with E-state index in [-0.39, 0.29) is 18.4 Å². The highest BCUT2D eigenvalue weighted by Gasteiger charge is 2.41. The third kappa shape index (κ3) is 4.61. The molecule has 0 bridgehead atoms. The van der Waals surface area contributed by atoms with Crippen LogP contribution in [0, 0.1) is 5.92 Å². The first kappa shape index (κ1) is 21.1. The molecule has 1 fully saturated rings. The summed E-state index contributed by atoms with van der Waals surface area (Å²) in [6, 6.07) is 11.1. The maximum absolute atomic E-state index is 13.4. The molecule has 2 aliphatic rings. The summed E-state index contributed by atoms with van der Waals surface area (Å²) < 4.78 is 11.2. The van der Waals surface area contributed by atoms with Gasteiger partial charge < -0.3 is 14.4 Å². The molecule has 2 aromatic rings. The predicted molar refractivity (Wildman–Crippen MR) is 116 cm³/mol. The number of rotatable bonds is 7. The van der Waals surface area contributed by atoms with Gasteiger partial charge in [-0.1, -0.05) is 32.0 Å². The van der Waals surface area contributed by atoms with Gasteiger partial charge in [-0.15, -0.1) is 0 Å². The molecule has 0 aliphatic carbocycles. The van der Waals surface area contributed by atoms with Crippen molar-refractivity contribution in [3.05, 3.63) is 65.6 Å². The largest absolute Gasteiger partial charge is 0.493 e. The molecule has 2 amide bonds. The Balaban J connectivity index is 1.65. The van der Waals surface area contributed by atoms with Crippen molar-refractivity contribution in [2.24, 2.45) is 5.92 Å². The standard InChI is InChI=1S/C24H27N3O4/c1-17(2)16-31-20-7-5-19(6-8-20)21-22(26-10-12-30-13-11-26)24(29)27(23(21)28)15-18-4-3-9-25-14-18/h3-9,14,17H,10-13,15-16H2,1-2H3.